The van der Waals surface area contributed by atoms with E-state index in [-0.39, 0.29) is 36.6 Å². The first-order valence-corrected chi connectivity index (χ1v) is 13.5. The number of sulfone groups is 1. The zero-order chi connectivity index (χ0) is 22.5. The Morgan fingerprint density at radius 3 is 2.16 bits per heavy atom. The van der Waals surface area contributed by atoms with Crippen molar-refractivity contribution in [1.82, 2.24) is 10.0 Å². The number of sulfonamides is 1. The molecular formula is C21H25ClN2O5S2. The van der Waals surface area contributed by atoms with E-state index in [1.807, 2.05) is 18.2 Å². The third-order valence-electron chi connectivity index (χ3n) is 5.46. The minimum Gasteiger partial charge on any atom is -0.354 e. The molecule has 3 rings (SSSR count). The second-order valence-electron chi connectivity index (χ2n) is 7.54. The first-order chi connectivity index (χ1) is 14.7. The van der Waals surface area contributed by atoms with Gasteiger partial charge in [-0.15, -0.1) is 0 Å². The molecule has 7 nitrogen and oxygen atoms in total. The molecule has 0 aliphatic heterocycles. The highest BCUT2D eigenvalue weighted by Crippen LogP contribution is 2.41. The predicted molar refractivity (Wildman–Crippen MR) is 120 cm³/mol. The highest BCUT2D eigenvalue weighted by molar-refractivity contribution is 7.93. The summed E-state index contributed by atoms with van der Waals surface area (Å²) in [6.45, 7) is -0.0349. The fraction of sp³-hybridized carbons (Fsp3) is 0.381. The number of carbonyl (C=O) groups is 1. The van der Waals surface area contributed by atoms with Crippen LogP contribution in [0.25, 0.3) is 0 Å². The van der Waals surface area contributed by atoms with Crippen LogP contribution in [0.1, 0.15) is 31.2 Å². The van der Waals surface area contributed by atoms with Crippen molar-refractivity contribution in [3.05, 3.63) is 65.2 Å². The maximum Gasteiger partial charge on any atom is 0.241 e. The smallest absolute Gasteiger partial charge is 0.241 e. The van der Waals surface area contributed by atoms with Gasteiger partial charge in [0.05, 0.1) is 10.6 Å². The largest absolute Gasteiger partial charge is 0.354 e. The van der Waals surface area contributed by atoms with Gasteiger partial charge in [0, 0.05) is 18.1 Å². The van der Waals surface area contributed by atoms with Gasteiger partial charge in [0.2, 0.25) is 15.9 Å². The number of halogens is 1. The first kappa shape index (κ1) is 23.7. The molecular weight excluding hydrogens is 460 g/mol. The van der Waals surface area contributed by atoms with Crippen molar-refractivity contribution in [1.29, 1.82) is 0 Å². The summed E-state index contributed by atoms with van der Waals surface area (Å²) in [7, 11) is -7.60. The molecule has 2 aromatic carbocycles. The van der Waals surface area contributed by atoms with E-state index in [1.54, 1.807) is 12.1 Å². The van der Waals surface area contributed by atoms with E-state index in [1.165, 1.54) is 24.3 Å². The lowest BCUT2D eigenvalue weighted by atomic mass is 10.1. The molecule has 1 saturated carbocycles. The van der Waals surface area contributed by atoms with Crippen LogP contribution >= 0.6 is 11.6 Å². The number of carbonyl (C=O) groups excluding carboxylic acids is 1. The Bertz CT molecular complexity index is 1110. The molecule has 0 unspecified atom stereocenters. The van der Waals surface area contributed by atoms with Gasteiger partial charge in [-0.1, -0.05) is 54.8 Å². The average Bonchev–Trinajstić information content (AvgIpc) is 3.25. The van der Waals surface area contributed by atoms with Crippen LogP contribution in [0, 0.1) is 0 Å². The summed E-state index contributed by atoms with van der Waals surface area (Å²) in [6.07, 6.45) is 1.61. The Kier molecular flexibility index (Phi) is 7.41. The molecule has 1 amide bonds. The number of hydrogen-bond acceptors (Lipinski definition) is 5. The molecule has 0 aromatic heterocycles. The maximum atomic E-state index is 13.3. The molecule has 1 fully saturated rings. The maximum absolute atomic E-state index is 13.3. The number of nitrogens with one attached hydrogen (secondary N) is 2. The molecule has 0 radical (unpaired) electrons. The predicted octanol–water partition coefficient (Wildman–Crippen LogP) is 2.66. The average molecular weight is 485 g/mol. The minimum atomic E-state index is -3.96. The third-order valence-corrected chi connectivity index (χ3v) is 9.55. The van der Waals surface area contributed by atoms with E-state index in [0.29, 0.717) is 17.9 Å². The van der Waals surface area contributed by atoms with Crippen LogP contribution in [0.5, 0.6) is 0 Å². The van der Waals surface area contributed by atoms with Gasteiger partial charge in [0.15, 0.2) is 14.6 Å². The van der Waals surface area contributed by atoms with Crippen LogP contribution in [0.2, 0.25) is 5.02 Å². The van der Waals surface area contributed by atoms with Gasteiger partial charge in [0.1, 0.15) is 0 Å². The Morgan fingerprint density at radius 2 is 1.55 bits per heavy atom. The zero-order valence-corrected chi connectivity index (χ0v) is 19.3. The molecule has 0 spiro atoms. The topological polar surface area (TPSA) is 109 Å². The molecule has 0 bridgehead atoms. The van der Waals surface area contributed by atoms with Crippen LogP contribution in [0.3, 0.4) is 0 Å². The molecule has 1 aliphatic carbocycles. The van der Waals surface area contributed by atoms with Crippen molar-refractivity contribution in [2.75, 3.05) is 12.3 Å². The van der Waals surface area contributed by atoms with Gasteiger partial charge in [0.25, 0.3) is 0 Å². The van der Waals surface area contributed by atoms with Crippen LogP contribution in [0.4, 0.5) is 0 Å². The second-order valence-corrected chi connectivity index (χ2v) is 12.2. The molecule has 10 heteroatoms. The molecule has 0 atom stereocenters. The quantitative estimate of drug-likeness (QED) is 0.568. The van der Waals surface area contributed by atoms with Crippen LogP contribution in [-0.2, 0) is 31.2 Å². The first-order valence-electron chi connectivity index (χ1n) is 9.96. The van der Waals surface area contributed by atoms with E-state index in [4.69, 9.17) is 11.6 Å². The summed E-state index contributed by atoms with van der Waals surface area (Å²) in [6, 6.07) is 14.8. The number of benzene rings is 2. The fourth-order valence-electron chi connectivity index (χ4n) is 3.72. The van der Waals surface area contributed by atoms with E-state index >= 15 is 0 Å². The van der Waals surface area contributed by atoms with Crippen molar-refractivity contribution in [2.24, 2.45) is 0 Å². The van der Waals surface area contributed by atoms with Gasteiger partial charge in [-0.3, -0.25) is 4.79 Å². The highest BCUT2D eigenvalue weighted by atomic mass is 35.5. The fourth-order valence-corrected chi connectivity index (χ4v) is 6.84. The van der Waals surface area contributed by atoms with Gasteiger partial charge in [-0.25, -0.2) is 21.6 Å². The van der Waals surface area contributed by atoms with E-state index in [0.717, 1.165) is 5.56 Å². The standard InChI is InChI=1S/C21H25ClN2O5S2/c22-18-8-10-19(11-9-18)31(28,29)21(12-4-5-13-21)20(25)23-14-15-30(26,27)24-16-17-6-2-1-3-7-17/h1-3,6-11,24H,4-5,12-16H2,(H,23,25). The van der Waals surface area contributed by atoms with Crippen molar-refractivity contribution >= 4 is 37.4 Å². The third kappa shape index (κ3) is 5.46. The van der Waals surface area contributed by atoms with Crippen LogP contribution in [-0.4, -0.2) is 39.8 Å². The van der Waals surface area contributed by atoms with E-state index in [2.05, 4.69) is 10.0 Å². The molecule has 31 heavy (non-hydrogen) atoms. The molecule has 0 heterocycles. The second kappa shape index (κ2) is 9.68. The van der Waals surface area contributed by atoms with Gasteiger partial charge in [-0.05, 0) is 42.7 Å². The van der Waals surface area contributed by atoms with Gasteiger partial charge < -0.3 is 5.32 Å². The van der Waals surface area contributed by atoms with Crippen LogP contribution < -0.4 is 10.0 Å². The lowest BCUT2D eigenvalue weighted by Gasteiger charge is -2.27. The summed E-state index contributed by atoms with van der Waals surface area (Å²) < 4.78 is 52.0. The Labute approximate surface area is 188 Å². The Balaban J connectivity index is 1.65. The van der Waals surface area contributed by atoms with E-state index in [9.17, 15) is 21.6 Å². The van der Waals surface area contributed by atoms with Crippen molar-refractivity contribution in [3.8, 4) is 0 Å². The molecule has 168 valence electrons. The van der Waals surface area contributed by atoms with E-state index < -0.39 is 30.5 Å². The summed E-state index contributed by atoms with van der Waals surface area (Å²) in [5.74, 6) is -0.999. The molecule has 1 aliphatic rings. The summed E-state index contributed by atoms with van der Waals surface area (Å²) >= 11 is 5.86. The van der Waals surface area contributed by atoms with Crippen molar-refractivity contribution in [2.45, 2.75) is 41.9 Å². The van der Waals surface area contributed by atoms with Crippen molar-refractivity contribution < 1.29 is 21.6 Å². The summed E-state index contributed by atoms with van der Waals surface area (Å²) in [5, 5.41) is 2.94. The lowest BCUT2D eigenvalue weighted by Crippen LogP contribution is -2.51. The lowest BCUT2D eigenvalue weighted by molar-refractivity contribution is -0.123. The number of amides is 1. The summed E-state index contributed by atoms with van der Waals surface area (Å²) in [5.41, 5.74) is 0.814. The minimum absolute atomic E-state index is 0.0334. The monoisotopic (exact) mass is 484 g/mol. The molecule has 2 aromatic rings. The molecule has 2 N–H and O–H groups in total. The van der Waals surface area contributed by atoms with Gasteiger partial charge >= 0.3 is 0 Å². The summed E-state index contributed by atoms with van der Waals surface area (Å²) in [4.78, 5) is 13.0. The normalized spacial score (nSPS) is 16.2. The van der Waals surface area contributed by atoms with Crippen molar-refractivity contribution in [3.63, 3.8) is 0 Å². The van der Waals surface area contributed by atoms with Gasteiger partial charge in [-0.2, -0.15) is 0 Å². The Morgan fingerprint density at radius 1 is 0.935 bits per heavy atom. The Hall–Kier alpha value is -1.94. The number of hydrogen-bond donors (Lipinski definition) is 2. The SMILES string of the molecule is O=C(NCCS(=O)(=O)NCc1ccccc1)C1(S(=O)(=O)c2ccc(Cl)cc2)CCCC1. The highest BCUT2D eigenvalue weighted by Gasteiger charge is 2.52. The molecule has 0 saturated heterocycles. The zero-order valence-electron chi connectivity index (χ0n) is 16.9. The van der Waals surface area contributed by atoms with Crippen LogP contribution in [0.15, 0.2) is 59.5 Å². The number of rotatable bonds is 9.